The average molecular weight is 388 g/mol. The van der Waals surface area contributed by atoms with Gasteiger partial charge in [0.15, 0.2) is 11.8 Å². The van der Waals surface area contributed by atoms with Gasteiger partial charge in [0.05, 0.1) is 19.7 Å². The van der Waals surface area contributed by atoms with Gasteiger partial charge in [-0.2, -0.15) is 4.98 Å². The van der Waals surface area contributed by atoms with E-state index < -0.39 is 0 Å². The molecule has 2 N–H and O–H groups in total. The number of benzene rings is 1. The van der Waals surface area contributed by atoms with Gasteiger partial charge < -0.3 is 19.9 Å². The van der Waals surface area contributed by atoms with Crippen LogP contribution in [-0.4, -0.2) is 29.3 Å². The summed E-state index contributed by atoms with van der Waals surface area (Å²) < 4.78 is 11.2. The SMILES string of the molecule is CCCOc1cc(C)ccc1CN=C(NCC)NCc1noc(C(C)(C)C)n1. The van der Waals surface area contributed by atoms with Crippen LogP contribution in [0.1, 0.15) is 63.9 Å². The van der Waals surface area contributed by atoms with Gasteiger partial charge >= 0.3 is 0 Å². The molecule has 0 aliphatic heterocycles. The molecular formula is C21H33N5O2. The fourth-order valence-corrected chi connectivity index (χ4v) is 2.44. The molecule has 0 aliphatic carbocycles. The zero-order chi connectivity index (χ0) is 20.6. The predicted molar refractivity (Wildman–Crippen MR) is 112 cm³/mol. The summed E-state index contributed by atoms with van der Waals surface area (Å²) in [5.41, 5.74) is 2.07. The Labute approximate surface area is 168 Å². The van der Waals surface area contributed by atoms with Crippen LogP contribution in [0.2, 0.25) is 0 Å². The fourth-order valence-electron chi connectivity index (χ4n) is 2.44. The van der Waals surface area contributed by atoms with Gasteiger partial charge in [-0.3, -0.25) is 0 Å². The molecule has 28 heavy (non-hydrogen) atoms. The van der Waals surface area contributed by atoms with Gasteiger partial charge in [-0.05, 0) is 31.9 Å². The molecule has 0 amide bonds. The first-order valence-corrected chi connectivity index (χ1v) is 9.91. The number of nitrogens with one attached hydrogen (secondary N) is 2. The van der Waals surface area contributed by atoms with Crippen molar-refractivity contribution in [1.82, 2.24) is 20.8 Å². The highest BCUT2D eigenvalue weighted by atomic mass is 16.5. The lowest BCUT2D eigenvalue weighted by Gasteiger charge is -2.13. The standard InChI is InChI=1S/C21H33N5O2/c1-7-11-27-17-12-15(3)9-10-16(17)13-23-20(22-8-2)24-14-18-25-19(28-26-18)21(4,5)6/h9-10,12H,7-8,11,13-14H2,1-6H3,(H2,22,23,24). The minimum absolute atomic E-state index is 0.163. The van der Waals surface area contributed by atoms with Crippen molar-refractivity contribution in [2.75, 3.05) is 13.2 Å². The van der Waals surface area contributed by atoms with Crippen molar-refractivity contribution in [2.24, 2.45) is 4.99 Å². The Bertz CT molecular complexity index is 777. The summed E-state index contributed by atoms with van der Waals surface area (Å²) in [7, 11) is 0. The van der Waals surface area contributed by atoms with Crippen molar-refractivity contribution in [2.45, 2.75) is 66.5 Å². The Balaban J connectivity index is 2.05. The molecule has 1 aromatic heterocycles. The molecular weight excluding hydrogens is 354 g/mol. The maximum absolute atomic E-state index is 5.88. The number of guanidine groups is 1. The molecule has 7 heteroatoms. The van der Waals surface area contributed by atoms with Crippen LogP contribution in [0.4, 0.5) is 0 Å². The highest BCUT2D eigenvalue weighted by Gasteiger charge is 2.21. The number of aryl methyl sites for hydroxylation is 1. The lowest BCUT2D eigenvalue weighted by molar-refractivity contribution is 0.314. The lowest BCUT2D eigenvalue weighted by atomic mass is 9.97. The third-order valence-electron chi connectivity index (χ3n) is 3.96. The molecule has 0 atom stereocenters. The third kappa shape index (κ3) is 6.55. The molecule has 0 fully saturated rings. The molecule has 0 saturated carbocycles. The van der Waals surface area contributed by atoms with Crippen LogP contribution in [0.3, 0.4) is 0 Å². The van der Waals surface area contributed by atoms with Crippen molar-refractivity contribution >= 4 is 5.96 Å². The van der Waals surface area contributed by atoms with Crippen LogP contribution in [-0.2, 0) is 18.5 Å². The van der Waals surface area contributed by atoms with Crippen LogP contribution < -0.4 is 15.4 Å². The number of ether oxygens (including phenoxy) is 1. The Morgan fingerprint density at radius 3 is 2.64 bits per heavy atom. The van der Waals surface area contributed by atoms with E-state index in [-0.39, 0.29) is 5.41 Å². The Morgan fingerprint density at radius 1 is 1.21 bits per heavy atom. The Hall–Kier alpha value is -2.57. The van der Waals surface area contributed by atoms with E-state index in [1.165, 1.54) is 5.56 Å². The molecule has 7 nitrogen and oxygen atoms in total. The summed E-state index contributed by atoms with van der Waals surface area (Å²) in [5, 5.41) is 10.5. The Kier molecular flexibility index (Phi) is 7.84. The molecule has 1 heterocycles. The van der Waals surface area contributed by atoms with Crippen molar-refractivity contribution in [3.05, 3.63) is 41.0 Å². The first-order chi connectivity index (χ1) is 13.3. The van der Waals surface area contributed by atoms with Crippen molar-refractivity contribution < 1.29 is 9.26 Å². The molecule has 2 aromatic rings. The number of aromatic nitrogens is 2. The van der Waals surface area contributed by atoms with E-state index in [0.29, 0.717) is 37.4 Å². The summed E-state index contributed by atoms with van der Waals surface area (Å²) in [6.07, 6.45) is 0.974. The third-order valence-corrected chi connectivity index (χ3v) is 3.96. The van der Waals surface area contributed by atoms with Gasteiger partial charge in [-0.1, -0.05) is 45.0 Å². The van der Waals surface area contributed by atoms with E-state index in [1.807, 2.05) is 27.7 Å². The van der Waals surface area contributed by atoms with E-state index in [9.17, 15) is 0 Å². The molecule has 0 unspecified atom stereocenters. The molecule has 1 aromatic carbocycles. The van der Waals surface area contributed by atoms with Gasteiger partial charge in [-0.15, -0.1) is 0 Å². The average Bonchev–Trinajstić information content (AvgIpc) is 3.13. The Morgan fingerprint density at radius 2 is 2.00 bits per heavy atom. The van der Waals surface area contributed by atoms with Crippen LogP contribution in [0.15, 0.2) is 27.7 Å². The maximum Gasteiger partial charge on any atom is 0.232 e. The van der Waals surface area contributed by atoms with Gasteiger partial charge in [0.25, 0.3) is 0 Å². The van der Waals surface area contributed by atoms with E-state index in [1.54, 1.807) is 0 Å². The summed E-state index contributed by atoms with van der Waals surface area (Å²) in [6, 6.07) is 6.22. The second kappa shape index (κ2) is 10.1. The van der Waals surface area contributed by atoms with Crippen LogP contribution in [0.5, 0.6) is 5.75 Å². The number of hydrogen-bond donors (Lipinski definition) is 2. The largest absolute Gasteiger partial charge is 0.493 e. The van der Waals surface area contributed by atoms with Crippen molar-refractivity contribution in [3.8, 4) is 5.75 Å². The van der Waals surface area contributed by atoms with Gasteiger partial charge in [0.2, 0.25) is 5.89 Å². The molecule has 0 saturated heterocycles. The molecule has 154 valence electrons. The van der Waals surface area contributed by atoms with Gasteiger partial charge in [0.1, 0.15) is 5.75 Å². The summed E-state index contributed by atoms with van der Waals surface area (Å²) in [6.45, 7) is 14.8. The minimum Gasteiger partial charge on any atom is -0.493 e. The van der Waals surface area contributed by atoms with Crippen LogP contribution >= 0.6 is 0 Å². The number of rotatable bonds is 8. The lowest BCUT2D eigenvalue weighted by Crippen LogP contribution is -2.37. The zero-order valence-electron chi connectivity index (χ0n) is 17.9. The molecule has 0 spiro atoms. The monoisotopic (exact) mass is 387 g/mol. The maximum atomic E-state index is 5.88. The van der Waals surface area contributed by atoms with E-state index in [0.717, 1.165) is 24.3 Å². The predicted octanol–water partition coefficient (Wildman–Crippen LogP) is 3.72. The minimum atomic E-state index is -0.163. The highest BCUT2D eigenvalue weighted by Crippen LogP contribution is 2.22. The smallest absolute Gasteiger partial charge is 0.232 e. The number of aliphatic imine (C=N–C) groups is 1. The first-order valence-electron chi connectivity index (χ1n) is 9.91. The number of hydrogen-bond acceptors (Lipinski definition) is 5. The topological polar surface area (TPSA) is 84.6 Å². The van der Waals surface area contributed by atoms with Gasteiger partial charge in [-0.25, -0.2) is 4.99 Å². The molecule has 0 bridgehead atoms. The fraction of sp³-hybridized carbons (Fsp3) is 0.571. The second-order valence-corrected chi connectivity index (χ2v) is 7.77. The van der Waals surface area contributed by atoms with Crippen LogP contribution in [0.25, 0.3) is 0 Å². The second-order valence-electron chi connectivity index (χ2n) is 7.77. The van der Waals surface area contributed by atoms with Crippen LogP contribution in [0, 0.1) is 6.92 Å². The van der Waals surface area contributed by atoms with Crippen molar-refractivity contribution in [3.63, 3.8) is 0 Å². The van der Waals surface area contributed by atoms with Gasteiger partial charge in [0, 0.05) is 17.5 Å². The van der Waals surface area contributed by atoms with E-state index in [2.05, 4.69) is 57.8 Å². The van der Waals surface area contributed by atoms with E-state index in [4.69, 9.17) is 9.26 Å². The first kappa shape index (κ1) is 21.7. The molecule has 0 aliphatic rings. The van der Waals surface area contributed by atoms with Crippen molar-refractivity contribution in [1.29, 1.82) is 0 Å². The quantitative estimate of drug-likeness (QED) is 0.530. The number of nitrogens with zero attached hydrogens (tertiary/aromatic N) is 3. The normalized spacial score (nSPS) is 12.1. The molecule has 2 rings (SSSR count). The summed E-state index contributed by atoms with van der Waals surface area (Å²) in [5.74, 6) is 2.84. The highest BCUT2D eigenvalue weighted by molar-refractivity contribution is 5.79. The summed E-state index contributed by atoms with van der Waals surface area (Å²) >= 11 is 0. The zero-order valence-corrected chi connectivity index (χ0v) is 17.9. The summed E-state index contributed by atoms with van der Waals surface area (Å²) in [4.78, 5) is 9.13. The van der Waals surface area contributed by atoms with E-state index >= 15 is 0 Å². The molecule has 0 radical (unpaired) electrons.